The maximum atomic E-state index is 8.95. The van der Waals surface area contributed by atoms with Gasteiger partial charge in [0.2, 0.25) is 0 Å². The number of hydrogen-bond acceptors (Lipinski definition) is 3. The van der Waals surface area contributed by atoms with Gasteiger partial charge in [-0.1, -0.05) is 29.8 Å². The first-order valence-electron chi connectivity index (χ1n) is 6.27. The van der Waals surface area contributed by atoms with Gasteiger partial charge in [0.15, 0.2) is 0 Å². The lowest BCUT2D eigenvalue weighted by molar-refractivity contribution is 0.213. The Bertz CT molecular complexity index is 632. The zero-order valence-corrected chi connectivity index (χ0v) is 11.9. The van der Waals surface area contributed by atoms with Crippen molar-refractivity contribution >= 4 is 11.6 Å². The van der Waals surface area contributed by atoms with Crippen molar-refractivity contribution in [1.29, 1.82) is 5.26 Å². The highest BCUT2D eigenvalue weighted by Gasteiger charge is 2.13. The molecule has 20 heavy (non-hydrogen) atoms. The van der Waals surface area contributed by atoms with Crippen molar-refractivity contribution in [2.45, 2.75) is 13.0 Å². The number of nitrogens with two attached hydrogens (primary N) is 1. The molecule has 0 saturated heterocycles. The fourth-order valence-electron chi connectivity index (χ4n) is 1.88. The number of halogens is 1. The van der Waals surface area contributed by atoms with Crippen LogP contribution < -0.4 is 10.5 Å². The first kappa shape index (κ1) is 14.4. The van der Waals surface area contributed by atoms with Crippen molar-refractivity contribution in [3.63, 3.8) is 0 Å². The predicted molar refractivity (Wildman–Crippen MR) is 79.8 cm³/mol. The molecule has 2 N–H and O–H groups in total. The van der Waals surface area contributed by atoms with E-state index in [1.165, 1.54) is 0 Å². The number of nitrogens with zero attached hydrogens (tertiary/aromatic N) is 1. The van der Waals surface area contributed by atoms with Gasteiger partial charge >= 0.3 is 0 Å². The molecule has 0 fully saturated rings. The molecule has 2 rings (SSSR count). The van der Waals surface area contributed by atoms with E-state index >= 15 is 0 Å². The van der Waals surface area contributed by atoms with Gasteiger partial charge in [0.25, 0.3) is 0 Å². The third-order valence-electron chi connectivity index (χ3n) is 3.04. The van der Waals surface area contributed by atoms with Gasteiger partial charge in [0, 0.05) is 11.6 Å². The summed E-state index contributed by atoms with van der Waals surface area (Å²) in [4.78, 5) is 0. The summed E-state index contributed by atoms with van der Waals surface area (Å²) in [7, 11) is 0. The smallest absolute Gasteiger partial charge is 0.136 e. The van der Waals surface area contributed by atoms with Crippen LogP contribution in [0.2, 0.25) is 5.02 Å². The van der Waals surface area contributed by atoms with Crippen molar-refractivity contribution in [3.8, 4) is 11.8 Å². The second-order valence-electron chi connectivity index (χ2n) is 4.49. The second kappa shape index (κ2) is 6.42. The summed E-state index contributed by atoms with van der Waals surface area (Å²) < 4.78 is 5.94. The summed E-state index contributed by atoms with van der Waals surface area (Å²) in [6.45, 7) is 2.28. The van der Waals surface area contributed by atoms with E-state index in [0.29, 0.717) is 22.9 Å². The molecule has 4 heteroatoms. The topological polar surface area (TPSA) is 59.0 Å². The third kappa shape index (κ3) is 3.30. The van der Waals surface area contributed by atoms with Crippen molar-refractivity contribution in [2.24, 2.45) is 5.73 Å². The van der Waals surface area contributed by atoms with Crippen LogP contribution in [0.5, 0.6) is 5.75 Å². The average molecular weight is 287 g/mol. The van der Waals surface area contributed by atoms with E-state index in [4.69, 9.17) is 27.3 Å². The van der Waals surface area contributed by atoms with Gasteiger partial charge < -0.3 is 10.5 Å². The largest absolute Gasteiger partial charge is 0.484 e. The Kier molecular flexibility index (Phi) is 4.62. The maximum Gasteiger partial charge on any atom is 0.136 e. The number of ether oxygens (including phenoxy) is 1. The molecule has 102 valence electrons. The van der Waals surface area contributed by atoms with Crippen molar-refractivity contribution in [2.75, 3.05) is 6.54 Å². The maximum absolute atomic E-state index is 8.95. The Morgan fingerprint density at radius 2 is 1.95 bits per heavy atom. The molecule has 1 atom stereocenters. The number of hydrogen-bond donors (Lipinski definition) is 1. The van der Waals surface area contributed by atoms with Crippen LogP contribution in [0.1, 0.15) is 22.8 Å². The molecule has 2 aromatic carbocycles. The lowest BCUT2D eigenvalue weighted by atomic mass is 10.1. The summed E-state index contributed by atoms with van der Waals surface area (Å²) in [6.07, 6.45) is -0.264. The van der Waals surface area contributed by atoms with E-state index in [0.717, 1.165) is 11.1 Å². The summed E-state index contributed by atoms with van der Waals surface area (Å²) in [5.41, 5.74) is 8.28. The van der Waals surface area contributed by atoms with Gasteiger partial charge in [0.1, 0.15) is 11.9 Å². The monoisotopic (exact) mass is 286 g/mol. The first-order chi connectivity index (χ1) is 9.63. The molecular formula is C16H15ClN2O. The molecule has 0 bridgehead atoms. The molecule has 0 aliphatic carbocycles. The Hall–Kier alpha value is -2.02. The highest BCUT2D eigenvalue weighted by atomic mass is 35.5. The van der Waals surface area contributed by atoms with Crippen molar-refractivity contribution < 1.29 is 4.74 Å². The predicted octanol–water partition coefficient (Wildman–Crippen LogP) is 3.60. The summed E-state index contributed by atoms with van der Waals surface area (Å²) in [5, 5.41) is 9.62. The summed E-state index contributed by atoms with van der Waals surface area (Å²) in [6, 6.07) is 14.9. The standard InChI is InChI=1S/C16H15ClN2O/c1-11-2-3-12(9-18)8-15(11)20-16(10-19)13-4-6-14(17)7-5-13/h2-8,16H,10,19H2,1H3. The number of benzene rings is 2. The van der Waals surface area contributed by atoms with E-state index in [1.54, 1.807) is 12.1 Å². The minimum atomic E-state index is -0.264. The van der Waals surface area contributed by atoms with Crippen molar-refractivity contribution in [1.82, 2.24) is 0 Å². The lowest BCUT2D eigenvalue weighted by Gasteiger charge is -2.19. The minimum Gasteiger partial charge on any atom is -0.484 e. The van der Waals surface area contributed by atoms with Crippen LogP contribution in [-0.2, 0) is 0 Å². The molecule has 0 aliphatic heterocycles. The molecule has 0 aromatic heterocycles. The van der Waals surface area contributed by atoms with E-state index in [-0.39, 0.29) is 6.10 Å². The van der Waals surface area contributed by atoms with Gasteiger partial charge in [-0.3, -0.25) is 0 Å². The number of aryl methyl sites for hydroxylation is 1. The van der Waals surface area contributed by atoms with E-state index in [2.05, 4.69) is 6.07 Å². The van der Waals surface area contributed by atoms with Crippen LogP contribution in [-0.4, -0.2) is 6.54 Å². The highest BCUT2D eigenvalue weighted by molar-refractivity contribution is 6.30. The molecule has 1 unspecified atom stereocenters. The molecule has 0 radical (unpaired) electrons. The molecule has 0 heterocycles. The summed E-state index contributed by atoms with van der Waals surface area (Å²) in [5.74, 6) is 0.675. The van der Waals surface area contributed by atoms with Crippen LogP contribution in [0.4, 0.5) is 0 Å². The van der Waals surface area contributed by atoms with Crippen LogP contribution in [0.25, 0.3) is 0 Å². The van der Waals surface area contributed by atoms with E-state index in [1.807, 2.05) is 37.3 Å². The zero-order valence-electron chi connectivity index (χ0n) is 11.1. The Balaban J connectivity index is 2.26. The van der Waals surface area contributed by atoms with E-state index in [9.17, 15) is 0 Å². The zero-order chi connectivity index (χ0) is 14.5. The van der Waals surface area contributed by atoms with Crippen LogP contribution in [0, 0.1) is 18.3 Å². The van der Waals surface area contributed by atoms with Crippen LogP contribution in [0.3, 0.4) is 0 Å². The molecule has 3 nitrogen and oxygen atoms in total. The lowest BCUT2D eigenvalue weighted by Crippen LogP contribution is -2.18. The van der Waals surface area contributed by atoms with Gasteiger partial charge in [-0.05, 0) is 42.3 Å². The SMILES string of the molecule is Cc1ccc(C#N)cc1OC(CN)c1ccc(Cl)cc1. The summed E-state index contributed by atoms with van der Waals surface area (Å²) >= 11 is 5.88. The minimum absolute atomic E-state index is 0.264. The second-order valence-corrected chi connectivity index (χ2v) is 4.92. The Morgan fingerprint density at radius 1 is 1.25 bits per heavy atom. The molecule has 0 amide bonds. The highest BCUT2D eigenvalue weighted by Crippen LogP contribution is 2.26. The van der Waals surface area contributed by atoms with Crippen molar-refractivity contribution in [3.05, 3.63) is 64.2 Å². The number of nitriles is 1. The molecule has 0 saturated carbocycles. The quantitative estimate of drug-likeness (QED) is 0.934. The van der Waals surface area contributed by atoms with Gasteiger partial charge in [-0.25, -0.2) is 0 Å². The van der Waals surface area contributed by atoms with Crippen LogP contribution >= 0.6 is 11.6 Å². The fourth-order valence-corrected chi connectivity index (χ4v) is 2.01. The van der Waals surface area contributed by atoms with Gasteiger partial charge in [-0.2, -0.15) is 5.26 Å². The molecule has 2 aromatic rings. The fraction of sp³-hybridized carbons (Fsp3) is 0.188. The third-order valence-corrected chi connectivity index (χ3v) is 3.29. The van der Waals surface area contributed by atoms with Gasteiger partial charge in [-0.15, -0.1) is 0 Å². The Morgan fingerprint density at radius 3 is 2.55 bits per heavy atom. The normalized spacial score (nSPS) is 11.7. The Labute approximate surface area is 123 Å². The first-order valence-corrected chi connectivity index (χ1v) is 6.64. The van der Waals surface area contributed by atoms with E-state index < -0.39 is 0 Å². The molecule has 0 aliphatic rings. The average Bonchev–Trinajstić information content (AvgIpc) is 2.47. The molecule has 0 spiro atoms. The van der Waals surface area contributed by atoms with Gasteiger partial charge in [0.05, 0.1) is 11.6 Å². The number of rotatable bonds is 4. The van der Waals surface area contributed by atoms with Crippen LogP contribution in [0.15, 0.2) is 42.5 Å². The molecular weight excluding hydrogens is 272 g/mol.